The Morgan fingerprint density at radius 3 is 2.75 bits per heavy atom. The van der Waals surface area contributed by atoms with Crippen LogP contribution < -0.4 is 10.6 Å². The third-order valence-electron chi connectivity index (χ3n) is 7.03. The van der Waals surface area contributed by atoms with E-state index in [0.717, 1.165) is 43.9 Å². The van der Waals surface area contributed by atoms with Crippen molar-refractivity contribution in [3.8, 4) is 11.8 Å². The zero-order valence-corrected chi connectivity index (χ0v) is 18.3. The van der Waals surface area contributed by atoms with Crippen LogP contribution in [-0.2, 0) is 26.5 Å². The number of fused-ring (bicyclic) bond motifs is 1. The van der Waals surface area contributed by atoms with Gasteiger partial charge in [-0.15, -0.1) is 0 Å². The number of nitrogens with zero attached hydrogens (tertiary/aromatic N) is 5. The molecule has 1 spiro atoms. The number of anilines is 1. The molecule has 0 saturated carbocycles. The van der Waals surface area contributed by atoms with Gasteiger partial charge in [0.05, 0.1) is 19.2 Å². The van der Waals surface area contributed by atoms with E-state index in [-0.39, 0.29) is 18.1 Å². The summed E-state index contributed by atoms with van der Waals surface area (Å²) in [7, 11) is 1.90. The molecule has 0 amide bonds. The minimum atomic E-state index is -0.161. The Morgan fingerprint density at radius 2 is 2.03 bits per heavy atom. The van der Waals surface area contributed by atoms with E-state index < -0.39 is 0 Å². The maximum absolute atomic E-state index is 9.94. The summed E-state index contributed by atoms with van der Waals surface area (Å²) in [4.78, 5) is 11.4. The Kier molecular flexibility index (Phi) is 5.41. The second-order valence-electron chi connectivity index (χ2n) is 8.81. The first-order chi connectivity index (χ1) is 15.6. The molecule has 1 saturated heterocycles. The van der Waals surface area contributed by atoms with Gasteiger partial charge in [0.2, 0.25) is 0 Å². The van der Waals surface area contributed by atoms with Gasteiger partial charge in [-0.05, 0) is 47.8 Å². The fourth-order valence-electron chi connectivity index (χ4n) is 5.12. The summed E-state index contributed by atoms with van der Waals surface area (Å²) in [5, 5.41) is 14.1. The van der Waals surface area contributed by atoms with Crippen LogP contribution in [0.1, 0.15) is 47.1 Å². The maximum Gasteiger partial charge on any atom is 0.152 e. The van der Waals surface area contributed by atoms with Crippen molar-refractivity contribution in [2.24, 2.45) is 18.2 Å². The Morgan fingerprint density at radius 1 is 1.22 bits per heavy atom. The van der Waals surface area contributed by atoms with Gasteiger partial charge in [-0.1, -0.05) is 30.2 Å². The summed E-state index contributed by atoms with van der Waals surface area (Å²) < 4.78 is 1.81. The molecule has 1 aliphatic heterocycles. The minimum absolute atomic E-state index is 0.0846. The average Bonchev–Trinajstić information content (AvgIpc) is 3.35. The molecule has 0 unspecified atom stereocenters. The molecule has 1 fully saturated rings. The van der Waals surface area contributed by atoms with Gasteiger partial charge in [-0.2, -0.15) is 5.10 Å². The summed E-state index contributed by atoms with van der Waals surface area (Å²) in [5.74, 6) is 6.93. The van der Waals surface area contributed by atoms with E-state index in [1.165, 1.54) is 11.1 Å². The van der Waals surface area contributed by atoms with Crippen LogP contribution in [0, 0.1) is 17.3 Å². The third-order valence-corrected chi connectivity index (χ3v) is 7.03. The molecule has 32 heavy (non-hydrogen) atoms. The first kappa shape index (κ1) is 20.7. The Bertz CT molecular complexity index is 1180. The van der Waals surface area contributed by atoms with Crippen LogP contribution in [0.3, 0.4) is 0 Å². The number of aromatic nitrogens is 4. The van der Waals surface area contributed by atoms with Gasteiger partial charge >= 0.3 is 0 Å². The number of aliphatic hydroxyl groups is 1. The molecule has 3 N–H and O–H groups in total. The minimum Gasteiger partial charge on any atom is -0.390 e. The van der Waals surface area contributed by atoms with Crippen LogP contribution in [0.25, 0.3) is 0 Å². The standard InChI is InChI=1S/C25H28N6O/c1-30-20(9-12-28-30)7-4-6-19-16-27-24(22(17-32)29-19)31-13-10-25(11-14-31)15-18-5-2-3-8-21(18)23(25)26/h2-3,5,8-9,12,16,23,32H,7,10-11,13-15,17,26H2,1H3/t23-/m1/s1. The van der Waals surface area contributed by atoms with Gasteiger partial charge in [0.1, 0.15) is 11.4 Å². The number of aliphatic hydroxyl groups excluding tert-OH is 1. The van der Waals surface area contributed by atoms with Crippen molar-refractivity contribution in [3.63, 3.8) is 0 Å². The number of aryl methyl sites for hydroxylation is 1. The van der Waals surface area contributed by atoms with Crippen LogP contribution in [0.5, 0.6) is 0 Å². The molecule has 5 rings (SSSR count). The summed E-state index contributed by atoms with van der Waals surface area (Å²) in [6, 6.07) is 10.6. The molecule has 7 heteroatoms. The quantitative estimate of drug-likeness (QED) is 0.621. The molecule has 2 aliphatic rings. The summed E-state index contributed by atoms with van der Waals surface area (Å²) in [5.41, 5.74) is 11.7. The van der Waals surface area contributed by atoms with Crippen molar-refractivity contribution in [3.05, 3.63) is 70.9 Å². The van der Waals surface area contributed by atoms with E-state index >= 15 is 0 Å². The number of hydrogen-bond donors (Lipinski definition) is 2. The van der Waals surface area contributed by atoms with Crippen LogP contribution >= 0.6 is 0 Å². The second kappa shape index (κ2) is 8.38. The molecule has 1 aromatic carbocycles. The van der Waals surface area contributed by atoms with E-state index in [4.69, 9.17) is 5.73 Å². The molecule has 1 aliphatic carbocycles. The molecule has 1 atom stereocenters. The highest BCUT2D eigenvalue weighted by Gasteiger charge is 2.46. The first-order valence-electron chi connectivity index (χ1n) is 11.1. The van der Waals surface area contributed by atoms with Crippen molar-refractivity contribution in [2.45, 2.75) is 38.3 Å². The third kappa shape index (κ3) is 3.66. The zero-order valence-electron chi connectivity index (χ0n) is 18.3. The van der Waals surface area contributed by atoms with Gasteiger partial charge in [0.25, 0.3) is 0 Å². The SMILES string of the molecule is Cn1nccc1CC#Cc1cnc(N2CCC3(CC2)Cc2ccccc2[C@H]3N)c(CO)n1. The fraction of sp³-hybridized carbons (Fsp3) is 0.400. The van der Waals surface area contributed by atoms with E-state index in [0.29, 0.717) is 17.8 Å². The number of hydrogen-bond acceptors (Lipinski definition) is 6. The highest BCUT2D eigenvalue weighted by molar-refractivity contribution is 5.47. The van der Waals surface area contributed by atoms with Gasteiger partial charge in [-0.3, -0.25) is 4.68 Å². The number of rotatable bonds is 3. The highest BCUT2D eigenvalue weighted by atomic mass is 16.3. The lowest BCUT2D eigenvalue weighted by atomic mass is 9.73. The van der Waals surface area contributed by atoms with E-state index in [2.05, 4.69) is 56.1 Å². The first-order valence-corrected chi connectivity index (χ1v) is 11.1. The van der Waals surface area contributed by atoms with Gasteiger partial charge in [0.15, 0.2) is 5.82 Å². The monoisotopic (exact) mass is 428 g/mol. The maximum atomic E-state index is 9.94. The van der Waals surface area contributed by atoms with Crippen LogP contribution in [0.15, 0.2) is 42.7 Å². The lowest BCUT2D eigenvalue weighted by molar-refractivity contribution is 0.186. The number of nitrogens with two attached hydrogens (primary N) is 1. The predicted octanol–water partition coefficient (Wildman–Crippen LogP) is 2.14. The molecule has 7 nitrogen and oxygen atoms in total. The Hall–Kier alpha value is -3.21. The van der Waals surface area contributed by atoms with Gasteiger partial charge in [-0.25, -0.2) is 9.97 Å². The van der Waals surface area contributed by atoms with Gasteiger partial charge < -0.3 is 15.7 Å². The van der Waals surface area contributed by atoms with E-state index in [9.17, 15) is 5.11 Å². The summed E-state index contributed by atoms with van der Waals surface area (Å²) >= 11 is 0. The van der Waals surface area contributed by atoms with Crippen LogP contribution in [-0.4, -0.2) is 37.9 Å². The normalized spacial score (nSPS) is 19.0. The fourth-order valence-corrected chi connectivity index (χ4v) is 5.12. The van der Waals surface area contributed by atoms with Gasteiger partial charge in [0, 0.05) is 38.1 Å². The second-order valence-corrected chi connectivity index (χ2v) is 8.81. The molecule has 0 bridgehead atoms. The average molecular weight is 429 g/mol. The topological polar surface area (TPSA) is 93.1 Å². The largest absolute Gasteiger partial charge is 0.390 e. The van der Waals surface area contributed by atoms with Crippen molar-refractivity contribution in [1.29, 1.82) is 0 Å². The van der Waals surface area contributed by atoms with E-state index in [1.807, 2.05) is 13.1 Å². The lowest BCUT2D eigenvalue weighted by Gasteiger charge is -2.42. The Labute approximate surface area is 188 Å². The molecule has 0 radical (unpaired) electrons. The van der Waals surface area contributed by atoms with Crippen molar-refractivity contribution < 1.29 is 5.11 Å². The highest BCUT2D eigenvalue weighted by Crippen LogP contribution is 2.50. The summed E-state index contributed by atoms with van der Waals surface area (Å²) in [6.07, 6.45) is 7.10. The van der Waals surface area contributed by atoms with Crippen molar-refractivity contribution in [2.75, 3.05) is 18.0 Å². The van der Waals surface area contributed by atoms with Crippen LogP contribution in [0.4, 0.5) is 5.82 Å². The number of piperidine rings is 1. The predicted molar refractivity (Wildman–Crippen MR) is 123 cm³/mol. The molecular weight excluding hydrogens is 400 g/mol. The molecule has 164 valence electrons. The molecule has 3 aromatic rings. The molecular formula is C25H28N6O. The summed E-state index contributed by atoms with van der Waals surface area (Å²) in [6.45, 7) is 1.55. The smallest absolute Gasteiger partial charge is 0.152 e. The van der Waals surface area contributed by atoms with Crippen molar-refractivity contribution in [1.82, 2.24) is 19.7 Å². The zero-order chi connectivity index (χ0) is 22.1. The van der Waals surface area contributed by atoms with Crippen molar-refractivity contribution >= 4 is 5.82 Å². The Balaban J connectivity index is 1.29. The lowest BCUT2D eigenvalue weighted by Crippen LogP contribution is -2.45. The molecule has 3 heterocycles. The number of benzene rings is 1. The van der Waals surface area contributed by atoms with Crippen LogP contribution in [0.2, 0.25) is 0 Å². The van der Waals surface area contributed by atoms with E-state index in [1.54, 1.807) is 17.1 Å². The molecule has 2 aromatic heterocycles.